The number of pyridine rings is 1. The summed E-state index contributed by atoms with van der Waals surface area (Å²) in [5.74, 6) is 1.07. The second-order valence-corrected chi connectivity index (χ2v) is 7.04. The van der Waals surface area contributed by atoms with E-state index < -0.39 is 0 Å². The minimum atomic E-state index is 0.0603. The fraction of sp³-hybridized carbons (Fsp3) is 0.579. The van der Waals surface area contributed by atoms with Crippen LogP contribution in [0.4, 0.5) is 0 Å². The molecule has 7 nitrogen and oxygen atoms in total. The Bertz CT molecular complexity index is 680. The molecule has 0 aliphatic heterocycles. The molecule has 7 heteroatoms. The number of hydrogen-bond donors (Lipinski definition) is 1. The zero-order valence-electron chi connectivity index (χ0n) is 15.4. The molecule has 0 spiro atoms. The first kappa shape index (κ1) is 18.5. The second kappa shape index (κ2) is 9.43. The fourth-order valence-corrected chi connectivity index (χ4v) is 3.34. The van der Waals surface area contributed by atoms with Gasteiger partial charge in [0.15, 0.2) is 0 Å². The van der Waals surface area contributed by atoms with E-state index in [1.165, 1.54) is 32.1 Å². The van der Waals surface area contributed by atoms with Gasteiger partial charge in [-0.1, -0.05) is 37.3 Å². The third kappa shape index (κ3) is 5.62. The number of hydrogen-bond acceptors (Lipinski definition) is 6. The molecule has 1 amide bonds. The van der Waals surface area contributed by atoms with Crippen LogP contribution in [0.15, 0.2) is 29.0 Å². The minimum absolute atomic E-state index is 0.0603. The normalized spacial score (nSPS) is 16.2. The molecule has 2 heterocycles. The molecule has 1 N–H and O–H groups in total. The van der Waals surface area contributed by atoms with E-state index in [0.717, 1.165) is 18.4 Å². The molecule has 140 valence electrons. The summed E-state index contributed by atoms with van der Waals surface area (Å²) >= 11 is 0. The predicted octanol–water partition coefficient (Wildman–Crippen LogP) is 2.79. The van der Waals surface area contributed by atoms with Crippen LogP contribution in [0.1, 0.15) is 50.8 Å². The van der Waals surface area contributed by atoms with Crippen LogP contribution in [-0.4, -0.2) is 45.6 Å². The summed E-state index contributed by atoms with van der Waals surface area (Å²) in [5, 5.41) is 7.16. The lowest BCUT2D eigenvalue weighted by atomic mass is 9.97. The molecule has 1 aliphatic carbocycles. The molecule has 0 unspecified atom stereocenters. The molecular formula is C19H27N5O2. The Balaban J connectivity index is 1.46. The van der Waals surface area contributed by atoms with Crippen LogP contribution in [0.5, 0.6) is 0 Å². The average Bonchev–Trinajstić information content (AvgIpc) is 3.06. The highest BCUT2D eigenvalue weighted by Gasteiger charge is 2.17. The summed E-state index contributed by atoms with van der Waals surface area (Å²) in [6, 6.07) is 4.03. The van der Waals surface area contributed by atoms with Crippen molar-refractivity contribution in [3.63, 3.8) is 0 Å². The van der Waals surface area contributed by atoms with E-state index in [2.05, 4.69) is 20.4 Å². The van der Waals surface area contributed by atoms with E-state index in [4.69, 9.17) is 4.52 Å². The van der Waals surface area contributed by atoms with Gasteiger partial charge in [-0.25, -0.2) is 0 Å². The van der Waals surface area contributed by atoms with E-state index in [1.807, 2.05) is 24.1 Å². The molecular weight excluding hydrogens is 330 g/mol. The summed E-state index contributed by atoms with van der Waals surface area (Å²) < 4.78 is 5.29. The van der Waals surface area contributed by atoms with Crippen LogP contribution >= 0.6 is 0 Å². The van der Waals surface area contributed by atoms with Gasteiger partial charge in [-0.15, -0.1) is 0 Å². The van der Waals surface area contributed by atoms with Crippen molar-refractivity contribution < 1.29 is 9.32 Å². The van der Waals surface area contributed by atoms with E-state index in [0.29, 0.717) is 30.8 Å². The molecule has 0 saturated heterocycles. The Morgan fingerprint density at radius 3 is 2.77 bits per heavy atom. The minimum Gasteiger partial charge on any atom is -0.352 e. The topological polar surface area (TPSA) is 84.2 Å². The number of carbonyl (C=O) groups excluding carboxylic acids is 1. The van der Waals surface area contributed by atoms with Crippen LogP contribution < -0.4 is 5.32 Å². The van der Waals surface area contributed by atoms with Crippen LogP contribution in [-0.2, 0) is 11.3 Å². The molecule has 2 aromatic rings. The van der Waals surface area contributed by atoms with Gasteiger partial charge in [-0.2, -0.15) is 4.98 Å². The van der Waals surface area contributed by atoms with Gasteiger partial charge in [0.1, 0.15) is 0 Å². The Hall–Kier alpha value is -2.28. The number of amides is 1. The van der Waals surface area contributed by atoms with Crippen molar-refractivity contribution in [3.8, 4) is 11.4 Å². The SMILES string of the molecule is CN(CC(=O)NC1CCCCCCC1)Cc1nc(-c2cccnc2)no1. The van der Waals surface area contributed by atoms with Gasteiger partial charge in [0, 0.05) is 24.0 Å². The van der Waals surface area contributed by atoms with E-state index in [9.17, 15) is 4.79 Å². The highest BCUT2D eigenvalue weighted by atomic mass is 16.5. The molecule has 1 saturated carbocycles. The molecule has 0 atom stereocenters. The van der Waals surface area contributed by atoms with Crippen molar-refractivity contribution in [2.45, 2.75) is 57.5 Å². The Kier molecular flexibility index (Phi) is 6.71. The zero-order valence-corrected chi connectivity index (χ0v) is 15.4. The molecule has 0 radical (unpaired) electrons. The van der Waals surface area contributed by atoms with Crippen molar-refractivity contribution in [2.75, 3.05) is 13.6 Å². The first-order valence-electron chi connectivity index (χ1n) is 9.41. The van der Waals surface area contributed by atoms with Crippen molar-refractivity contribution >= 4 is 5.91 Å². The third-order valence-corrected chi connectivity index (χ3v) is 4.68. The number of aromatic nitrogens is 3. The molecule has 0 aromatic carbocycles. The van der Waals surface area contributed by atoms with Crippen molar-refractivity contribution in [2.24, 2.45) is 0 Å². The highest BCUT2D eigenvalue weighted by Crippen LogP contribution is 2.17. The lowest BCUT2D eigenvalue weighted by molar-refractivity contribution is -0.123. The number of likely N-dealkylation sites (N-methyl/N-ethyl adjacent to an activating group) is 1. The van der Waals surface area contributed by atoms with E-state index in [-0.39, 0.29) is 5.91 Å². The number of carbonyl (C=O) groups is 1. The molecule has 26 heavy (non-hydrogen) atoms. The number of nitrogens with zero attached hydrogens (tertiary/aromatic N) is 4. The summed E-state index contributed by atoms with van der Waals surface area (Å²) in [5.41, 5.74) is 0.812. The Labute approximate surface area is 154 Å². The molecule has 2 aromatic heterocycles. The van der Waals surface area contributed by atoms with Crippen molar-refractivity contribution in [3.05, 3.63) is 30.4 Å². The lowest BCUT2D eigenvalue weighted by Gasteiger charge is -2.22. The quantitative estimate of drug-likeness (QED) is 0.856. The van der Waals surface area contributed by atoms with Crippen molar-refractivity contribution in [1.29, 1.82) is 0 Å². The second-order valence-electron chi connectivity index (χ2n) is 7.04. The maximum Gasteiger partial charge on any atom is 0.241 e. The number of rotatable bonds is 6. The molecule has 1 fully saturated rings. The Morgan fingerprint density at radius 2 is 2.04 bits per heavy atom. The Morgan fingerprint density at radius 1 is 1.27 bits per heavy atom. The van der Waals surface area contributed by atoms with Gasteiger partial charge < -0.3 is 9.84 Å². The standard InChI is InChI=1S/C19H27N5O2/c1-24(13-17(25)21-16-9-5-3-2-4-6-10-16)14-18-22-19(23-26-18)15-8-7-11-20-12-15/h7-8,11-12,16H,2-6,9-10,13-14H2,1H3,(H,21,25). The first-order chi connectivity index (χ1) is 12.7. The van der Waals surface area contributed by atoms with E-state index >= 15 is 0 Å². The van der Waals surface area contributed by atoms with Crippen LogP contribution in [0, 0.1) is 0 Å². The maximum atomic E-state index is 12.3. The summed E-state index contributed by atoms with van der Waals surface area (Å²) in [4.78, 5) is 22.6. The monoisotopic (exact) mass is 357 g/mol. The summed E-state index contributed by atoms with van der Waals surface area (Å²) in [7, 11) is 1.88. The molecule has 0 bridgehead atoms. The smallest absolute Gasteiger partial charge is 0.241 e. The van der Waals surface area contributed by atoms with Crippen LogP contribution in [0.25, 0.3) is 11.4 Å². The zero-order chi connectivity index (χ0) is 18.2. The largest absolute Gasteiger partial charge is 0.352 e. The number of nitrogens with one attached hydrogen (secondary N) is 1. The van der Waals surface area contributed by atoms with Gasteiger partial charge in [0.05, 0.1) is 13.1 Å². The van der Waals surface area contributed by atoms with Crippen molar-refractivity contribution in [1.82, 2.24) is 25.3 Å². The predicted molar refractivity (Wildman–Crippen MR) is 98.1 cm³/mol. The molecule has 3 rings (SSSR count). The maximum absolute atomic E-state index is 12.3. The van der Waals surface area contributed by atoms with Gasteiger partial charge >= 0.3 is 0 Å². The van der Waals surface area contributed by atoms with Gasteiger partial charge in [0.2, 0.25) is 17.6 Å². The van der Waals surface area contributed by atoms with Gasteiger partial charge in [0.25, 0.3) is 0 Å². The van der Waals surface area contributed by atoms with Crippen LogP contribution in [0.3, 0.4) is 0 Å². The first-order valence-corrected chi connectivity index (χ1v) is 9.41. The average molecular weight is 357 g/mol. The van der Waals surface area contributed by atoms with E-state index in [1.54, 1.807) is 12.4 Å². The summed E-state index contributed by atoms with van der Waals surface area (Å²) in [6.45, 7) is 0.756. The third-order valence-electron chi connectivity index (χ3n) is 4.68. The summed E-state index contributed by atoms with van der Waals surface area (Å²) in [6.07, 6.45) is 11.9. The lowest BCUT2D eigenvalue weighted by Crippen LogP contribution is -2.41. The van der Waals surface area contributed by atoms with Crippen LogP contribution in [0.2, 0.25) is 0 Å². The molecule has 1 aliphatic rings. The fourth-order valence-electron chi connectivity index (χ4n) is 3.34. The van der Waals surface area contributed by atoms with Gasteiger partial charge in [-0.3, -0.25) is 14.7 Å². The highest BCUT2D eigenvalue weighted by molar-refractivity contribution is 5.78. The van der Waals surface area contributed by atoms with Gasteiger partial charge in [-0.05, 0) is 32.0 Å².